The number of aromatic amines is 1. The van der Waals surface area contributed by atoms with E-state index in [-0.39, 0.29) is 11.3 Å². The number of methoxy groups -OCH3 is 1. The fourth-order valence-corrected chi connectivity index (χ4v) is 1.73. The van der Waals surface area contributed by atoms with Crippen LogP contribution < -0.4 is 10.3 Å². The van der Waals surface area contributed by atoms with E-state index < -0.39 is 11.7 Å². The van der Waals surface area contributed by atoms with Crippen LogP contribution in [0.3, 0.4) is 0 Å². The summed E-state index contributed by atoms with van der Waals surface area (Å²) in [4.78, 5) is 13.6. The van der Waals surface area contributed by atoms with E-state index in [2.05, 4.69) is 4.98 Å². The molecule has 0 aliphatic heterocycles. The van der Waals surface area contributed by atoms with Gasteiger partial charge >= 0.3 is 6.18 Å². The SMILES string of the molecule is COc1ccc(-c2cc[nH]c(=O)c2)cc1C(F)(F)F. The van der Waals surface area contributed by atoms with Crippen molar-refractivity contribution in [2.75, 3.05) is 7.11 Å². The third kappa shape index (κ3) is 2.78. The molecule has 0 radical (unpaired) electrons. The highest BCUT2D eigenvalue weighted by atomic mass is 19.4. The average Bonchev–Trinajstić information content (AvgIpc) is 2.37. The fraction of sp³-hybridized carbons (Fsp3) is 0.154. The number of nitrogens with one attached hydrogen (secondary N) is 1. The lowest BCUT2D eigenvalue weighted by atomic mass is 10.0. The summed E-state index contributed by atoms with van der Waals surface area (Å²) in [6.07, 6.45) is -3.13. The van der Waals surface area contributed by atoms with Crippen molar-refractivity contribution < 1.29 is 17.9 Å². The lowest BCUT2D eigenvalue weighted by Gasteiger charge is -2.13. The van der Waals surface area contributed by atoms with E-state index >= 15 is 0 Å². The number of halogens is 3. The Balaban J connectivity index is 2.58. The summed E-state index contributed by atoms with van der Waals surface area (Å²) in [5.41, 5.74) is -0.522. The summed E-state index contributed by atoms with van der Waals surface area (Å²) in [6.45, 7) is 0. The predicted molar refractivity (Wildman–Crippen MR) is 64.1 cm³/mol. The first-order valence-electron chi connectivity index (χ1n) is 5.36. The van der Waals surface area contributed by atoms with Gasteiger partial charge in [-0.3, -0.25) is 4.79 Å². The number of aromatic nitrogens is 1. The van der Waals surface area contributed by atoms with Gasteiger partial charge in [0.05, 0.1) is 12.7 Å². The molecule has 0 bridgehead atoms. The topological polar surface area (TPSA) is 42.1 Å². The minimum Gasteiger partial charge on any atom is -0.496 e. The Kier molecular flexibility index (Phi) is 3.33. The lowest BCUT2D eigenvalue weighted by molar-refractivity contribution is -0.138. The second-order valence-electron chi connectivity index (χ2n) is 3.85. The Morgan fingerprint density at radius 1 is 1.11 bits per heavy atom. The van der Waals surface area contributed by atoms with E-state index in [0.29, 0.717) is 11.1 Å². The second kappa shape index (κ2) is 4.79. The Hall–Kier alpha value is -2.24. The van der Waals surface area contributed by atoms with Crippen LogP contribution in [0.1, 0.15) is 5.56 Å². The van der Waals surface area contributed by atoms with Crippen LogP contribution in [0.15, 0.2) is 41.3 Å². The maximum absolute atomic E-state index is 12.9. The molecule has 1 aromatic heterocycles. The normalized spacial score (nSPS) is 11.4. The molecule has 2 aromatic rings. The number of hydrogen-bond donors (Lipinski definition) is 1. The zero-order chi connectivity index (χ0) is 14.0. The number of benzene rings is 1. The predicted octanol–water partition coefficient (Wildman–Crippen LogP) is 3.07. The molecule has 0 spiro atoms. The number of H-pyrrole nitrogens is 1. The number of rotatable bonds is 2. The minimum atomic E-state index is -4.51. The summed E-state index contributed by atoms with van der Waals surface area (Å²) >= 11 is 0. The van der Waals surface area contributed by atoms with E-state index in [0.717, 1.165) is 6.07 Å². The monoisotopic (exact) mass is 269 g/mol. The zero-order valence-electron chi connectivity index (χ0n) is 9.91. The molecule has 0 unspecified atom stereocenters. The molecule has 0 atom stereocenters. The largest absolute Gasteiger partial charge is 0.496 e. The Morgan fingerprint density at radius 3 is 2.37 bits per heavy atom. The molecule has 0 saturated heterocycles. The molecule has 19 heavy (non-hydrogen) atoms. The molecule has 0 aliphatic rings. The number of pyridine rings is 1. The van der Waals surface area contributed by atoms with Gasteiger partial charge < -0.3 is 9.72 Å². The minimum absolute atomic E-state index is 0.249. The molecule has 0 saturated carbocycles. The highest BCUT2D eigenvalue weighted by molar-refractivity contribution is 5.65. The van der Waals surface area contributed by atoms with Crippen LogP contribution in [-0.2, 0) is 6.18 Å². The molecule has 3 nitrogen and oxygen atoms in total. The highest BCUT2D eigenvalue weighted by Crippen LogP contribution is 2.38. The maximum atomic E-state index is 12.9. The van der Waals surface area contributed by atoms with Crippen molar-refractivity contribution in [3.63, 3.8) is 0 Å². The summed E-state index contributed by atoms with van der Waals surface area (Å²) < 4.78 is 43.3. The van der Waals surface area contributed by atoms with Crippen LogP contribution in [0, 0.1) is 0 Å². The average molecular weight is 269 g/mol. The molecular weight excluding hydrogens is 259 g/mol. The van der Waals surface area contributed by atoms with Gasteiger partial charge in [-0.2, -0.15) is 13.2 Å². The van der Waals surface area contributed by atoms with Crippen molar-refractivity contribution in [2.45, 2.75) is 6.18 Å². The second-order valence-corrected chi connectivity index (χ2v) is 3.85. The number of ether oxygens (including phenoxy) is 1. The molecule has 1 N–H and O–H groups in total. The third-order valence-corrected chi connectivity index (χ3v) is 2.61. The standard InChI is InChI=1S/C13H10F3NO2/c1-19-11-3-2-8(6-10(11)13(14,15)16)9-4-5-17-12(18)7-9/h2-7H,1H3,(H,17,18). The van der Waals surface area contributed by atoms with Crippen molar-refractivity contribution >= 4 is 0 Å². The Labute approximate surface area is 106 Å². The molecule has 2 rings (SSSR count). The van der Waals surface area contributed by atoms with E-state index in [1.165, 1.54) is 37.6 Å². The van der Waals surface area contributed by atoms with Crippen molar-refractivity contribution in [3.8, 4) is 16.9 Å². The van der Waals surface area contributed by atoms with Gasteiger partial charge in [0, 0.05) is 12.3 Å². The van der Waals surface area contributed by atoms with Crippen molar-refractivity contribution in [1.29, 1.82) is 0 Å². The van der Waals surface area contributed by atoms with Crippen LogP contribution in [0.5, 0.6) is 5.75 Å². The van der Waals surface area contributed by atoms with Crippen molar-refractivity contribution in [3.05, 3.63) is 52.4 Å². The first-order valence-corrected chi connectivity index (χ1v) is 5.36. The van der Waals surface area contributed by atoms with Crippen LogP contribution in [0.25, 0.3) is 11.1 Å². The summed E-state index contributed by atoms with van der Waals surface area (Å²) in [5, 5.41) is 0. The van der Waals surface area contributed by atoms with Gasteiger partial charge in [-0.1, -0.05) is 6.07 Å². The quantitative estimate of drug-likeness (QED) is 0.910. The smallest absolute Gasteiger partial charge is 0.419 e. The van der Waals surface area contributed by atoms with Crippen LogP contribution in [0.2, 0.25) is 0 Å². The van der Waals surface area contributed by atoms with Crippen molar-refractivity contribution in [2.24, 2.45) is 0 Å². The molecule has 0 amide bonds. The van der Waals surface area contributed by atoms with Gasteiger partial charge in [-0.05, 0) is 29.3 Å². The third-order valence-electron chi connectivity index (χ3n) is 2.61. The van der Waals surface area contributed by atoms with Gasteiger partial charge in [-0.15, -0.1) is 0 Å². The summed E-state index contributed by atoms with van der Waals surface area (Å²) in [6, 6.07) is 6.45. The van der Waals surface area contributed by atoms with Gasteiger partial charge in [-0.25, -0.2) is 0 Å². The van der Waals surface area contributed by atoms with Crippen LogP contribution >= 0.6 is 0 Å². The van der Waals surface area contributed by atoms with Crippen LogP contribution in [-0.4, -0.2) is 12.1 Å². The molecule has 0 aliphatic carbocycles. The van der Waals surface area contributed by atoms with Gasteiger partial charge in [0.15, 0.2) is 0 Å². The van der Waals surface area contributed by atoms with Gasteiger partial charge in [0.25, 0.3) is 0 Å². The summed E-state index contributed by atoms with van der Waals surface area (Å²) in [7, 11) is 1.18. The van der Waals surface area contributed by atoms with Crippen molar-refractivity contribution in [1.82, 2.24) is 4.98 Å². The van der Waals surface area contributed by atoms with E-state index in [4.69, 9.17) is 4.74 Å². The summed E-state index contributed by atoms with van der Waals surface area (Å²) in [5.74, 6) is -0.249. The number of hydrogen-bond acceptors (Lipinski definition) is 2. The Morgan fingerprint density at radius 2 is 1.79 bits per heavy atom. The van der Waals surface area contributed by atoms with E-state index in [1.807, 2.05) is 0 Å². The van der Waals surface area contributed by atoms with Crippen LogP contribution in [0.4, 0.5) is 13.2 Å². The highest BCUT2D eigenvalue weighted by Gasteiger charge is 2.34. The molecular formula is C13H10F3NO2. The molecule has 1 heterocycles. The molecule has 100 valence electrons. The van der Waals surface area contributed by atoms with E-state index in [9.17, 15) is 18.0 Å². The fourth-order valence-electron chi connectivity index (χ4n) is 1.73. The zero-order valence-corrected chi connectivity index (χ0v) is 9.91. The molecule has 1 aromatic carbocycles. The first-order chi connectivity index (χ1) is 8.91. The van der Waals surface area contributed by atoms with Gasteiger partial charge in [0.1, 0.15) is 5.75 Å². The number of alkyl halides is 3. The Bertz CT molecular complexity index is 647. The molecule has 0 fully saturated rings. The van der Waals surface area contributed by atoms with E-state index in [1.54, 1.807) is 0 Å². The lowest BCUT2D eigenvalue weighted by Crippen LogP contribution is -2.08. The first kappa shape index (κ1) is 13.2. The van der Waals surface area contributed by atoms with Gasteiger partial charge in [0.2, 0.25) is 5.56 Å². The maximum Gasteiger partial charge on any atom is 0.419 e. The molecule has 6 heteroatoms.